The molecule has 0 aliphatic heterocycles. The SMILES string of the molecule is C=CC(O)C[C@H](CCCCC)OC. The van der Waals surface area contributed by atoms with Gasteiger partial charge in [0, 0.05) is 13.5 Å². The van der Waals surface area contributed by atoms with Gasteiger partial charge in [-0.1, -0.05) is 32.3 Å². The maximum Gasteiger partial charge on any atom is 0.0743 e. The van der Waals surface area contributed by atoms with E-state index in [1.165, 1.54) is 19.3 Å². The second-order valence-corrected chi connectivity index (χ2v) is 3.39. The molecule has 2 nitrogen and oxygen atoms in total. The lowest BCUT2D eigenvalue weighted by Crippen LogP contribution is -2.18. The summed E-state index contributed by atoms with van der Waals surface area (Å²) in [5.74, 6) is 0. The maximum absolute atomic E-state index is 9.32. The highest BCUT2D eigenvalue weighted by Crippen LogP contribution is 2.11. The minimum Gasteiger partial charge on any atom is -0.389 e. The van der Waals surface area contributed by atoms with Crippen molar-refractivity contribution >= 4 is 0 Å². The summed E-state index contributed by atoms with van der Waals surface area (Å²) in [5, 5.41) is 9.32. The van der Waals surface area contributed by atoms with Crippen LogP contribution in [0.25, 0.3) is 0 Å². The van der Waals surface area contributed by atoms with Gasteiger partial charge < -0.3 is 9.84 Å². The van der Waals surface area contributed by atoms with Crippen molar-refractivity contribution in [3.63, 3.8) is 0 Å². The monoisotopic (exact) mass is 186 g/mol. The van der Waals surface area contributed by atoms with Gasteiger partial charge in [0.05, 0.1) is 12.2 Å². The minimum atomic E-state index is -0.424. The van der Waals surface area contributed by atoms with Crippen LogP contribution in [0.4, 0.5) is 0 Å². The predicted molar refractivity (Wildman–Crippen MR) is 55.8 cm³/mol. The fourth-order valence-electron chi connectivity index (χ4n) is 1.32. The lowest BCUT2D eigenvalue weighted by Gasteiger charge is -2.16. The molecule has 0 heterocycles. The molecule has 0 aliphatic rings. The summed E-state index contributed by atoms with van der Waals surface area (Å²) < 4.78 is 5.26. The zero-order valence-corrected chi connectivity index (χ0v) is 8.83. The molecular formula is C11H22O2. The Morgan fingerprint density at radius 2 is 2.15 bits per heavy atom. The van der Waals surface area contributed by atoms with Crippen molar-refractivity contribution in [2.24, 2.45) is 0 Å². The standard InChI is InChI=1S/C11H22O2/c1-4-6-7-8-11(13-3)9-10(12)5-2/h5,10-12H,2,4,6-9H2,1,3H3/t10?,11-/m0/s1. The maximum atomic E-state index is 9.32. The zero-order valence-electron chi connectivity index (χ0n) is 8.83. The molecule has 0 rings (SSSR count). The van der Waals surface area contributed by atoms with Crippen molar-refractivity contribution in [3.8, 4) is 0 Å². The van der Waals surface area contributed by atoms with E-state index in [2.05, 4.69) is 13.5 Å². The number of rotatable bonds is 8. The summed E-state index contributed by atoms with van der Waals surface area (Å²) in [5.41, 5.74) is 0. The highest BCUT2D eigenvalue weighted by Gasteiger charge is 2.10. The summed E-state index contributed by atoms with van der Waals surface area (Å²) in [6.07, 6.45) is 6.67. The molecule has 0 aliphatic carbocycles. The van der Waals surface area contributed by atoms with Crippen LogP contribution < -0.4 is 0 Å². The Morgan fingerprint density at radius 3 is 2.62 bits per heavy atom. The molecule has 0 saturated carbocycles. The third-order valence-corrected chi connectivity index (χ3v) is 2.24. The number of methoxy groups -OCH3 is 1. The Morgan fingerprint density at radius 1 is 1.46 bits per heavy atom. The molecule has 2 heteroatoms. The van der Waals surface area contributed by atoms with Crippen molar-refractivity contribution < 1.29 is 9.84 Å². The van der Waals surface area contributed by atoms with Gasteiger partial charge in [-0.15, -0.1) is 6.58 Å². The Labute approximate surface area is 81.6 Å². The summed E-state index contributed by atoms with van der Waals surface area (Å²) in [4.78, 5) is 0. The van der Waals surface area contributed by atoms with E-state index >= 15 is 0 Å². The first-order valence-corrected chi connectivity index (χ1v) is 5.08. The quantitative estimate of drug-likeness (QED) is 0.466. The van der Waals surface area contributed by atoms with E-state index in [-0.39, 0.29) is 6.10 Å². The van der Waals surface area contributed by atoms with Crippen molar-refractivity contribution in [2.75, 3.05) is 7.11 Å². The van der Waals surface area contributed by atoms with Crippen LogP contribution in [-0.4, -0.2) is 24.4 Å². The van der Waals surface area contributed by atoms with E-state index in [0.717, 1.165) is 6.42 Å². The van der Waals surface area contributed by atoms with Crippen LogP contribution in [0.5, 0.6) is 0 Å². The minimum absolute atomic E-state index is 0.180. The number of ether oxygens (including phenoxy) is 1. The normalized spacial score (nSPS) is 15.3. The first-order valence-electron chi connectivity index (χ1n) is 5.08. The third-order valence-electron chi connectivity index (χ3n) is 2.24. The van der Waals surface area contributed by atoms with Crippen LogP contribution >= 0.6 is 0 Å². The predicted octanol–water partition coefficient (Wildman–Crippen LogP) is 2.52. The summed E-state index contributed by atoms with van der Waals surface area (Å²) in [6.45, 7) is 5.72. The van der Waals surface area contributed by atoms with Crippen LogP contribution in [0.3, 0.4) is 0 Å². The van der Waals surface area contributed by atoms with Gasteiger partial charge in [0.25, 0.3) is 0 Å². The van der Waals surface area contributed by atoms with Crippen molar-refractivity contribution in [2.45, 2.75) is 51.2 Å². The first-order chi connectivity index (χ1) is 6.24. The fraction of sp³-hybridized carbons (Fsp3) is 0.818. The molecule has 0 aromatic heterocycles. The first kappa shape index (κ1) is 12.7. The molecule has 78 valence electrons. The molecule has 0 aromatic carbocycles. The molecule has 1 N–H and O–H groups in total. The van der Waals surface area contributed by atoms with Crippen molar-refractivity contribution in [3.05, 3.63) is 12.7 Å². The highest BCUT2D eigenvalue weighted by molar-refractivity contribution is 4.80. The molecule has 0 spiro atoms. The Balaban J connectivity index is 3.56. The molecule has 2 atom stereocenters. The van der Waals surface area contributed by atoms with Gasteiger partial charge >= 0.3 is 0 Å². The smallest absolute Gasteiger partial charge is 0.0743 e. The van der Waals surface area contributed by atoms with E-state index < -0.39 is 6.10 Å². The molecule has 13 heavy (non-hydrogen) atoms. The number of aliphatic hydroxyl groups is 1. The van der Waals surface area contributed by atoms with E-state index in [4.69, 9.17) is 4.74 Å². The van der Waals surface area contributed by atoms with Crippen molar-refractivity contribution in [1.29, 1.82) is 0 Å². The Bertz CT molecular complexity index is 123. The number of hydrogen-bond donors (Lipinski definition) is 1. The molecule has 1 unspecified atom stereocenters. The molecule has 0 radical (unpaired) electrons. The number of hydrogen-bond acceptors (Lipinski definition) is 2. The lowest BCUT2D eigenvalue weighted by atomic mass is 10.0. The largest absolute Gasteiger partial charge is 0.389 e. The molecule has 0 amide bonds. The Kier molecular flexibility index (Phi) is 8.05. The highest BCUT2D eigenvalue weighted by atomic mass is 16.5. The van der Waals surface area contributed by atoms with Gasteiger partial charge in [-0.25, -0.2) is 0 Å². The molecule has 0 saturated heterocycles. The molecule has 0 aromatic rings. The average molecular weight is 186 g/mol. The van der Waals surface area contributed by atoms with E-state index in [0.29, 0.717) is 6.42 Å². The van der Waals surface area contributed by atoms with Crippen LogP contribution in [0.2, 0.25) is 0 Å². The summed E-state index contributed by atoms with van der Waals surface area (Å²) in [6, 6.07) is 0. The number of unbranched alkanes of at least 4 members (excludes halogenated alkanes) is 2. The Hall–Kier alpha value is -0.340. The number of aliphatic hydroxyl groups excluding tert-OH is 1. The summed E-state index contributed by atoms with van der Waals surface area (Å²) >= 11 is 0. The van der Waals surface area contributed by atoms with Gasteiger partial charge in [0.1, 0.15) is 0 Å². The second kappa shape index (κ2) is 8.27. The van der Waals surface area contributed by atoms with Gasteiger partial charge in [-0.05, 0) is 6.42 Å². The zero-order chi connectivity index (χ0) is 10.1. The van der Waals surface area contributed by atoms with Gasteiger partial charge in [-0.2, -0.15) is 0 Å². The van der Waals surface area contributed by atoms with Gasteiger partial charge in [-0.3, -0.25) is 0 Å². The lowest BCUT2D eigenvalue weighted by molar-refractivity contribution is 0.0528. The van der Waals surface area contributed by atoms with Crippen molar-refractivity contribution in [1.82, 2.24) is 0 Å². The van der Waals surface area contributed by atoms with Crippen LogP contribution in [0.1, 0.15) is 39.0 Å². The van der Waals surface area contributed by atoms with Gasteiger partial charge in [0.2, 0.25) is 0 Å². The van der Waals surface area contributed by atoms with E-state index in [9.17, 15) is 5.11 Å². The average Bonchev–Trinajstić information content (AvgIpc) is 2.16. The second-order valence-electron chi connectivity index (χ2n) is 3.39. The van der Waals surface area contributed by atoms with E-state index in [1.807, 2.05) is 0 Å². The summed E-state index contributed by atoms with van der Waals surface area (Å²) in [7, 11) is 1.70. The van der Waals surface area contributed by atoms with Gasteiger partial charge in [0.15, 0.2) is 0 Å². The van der Waals surface area contributed by atoms with Crippen LogP contribution in [0, 0.1) is 0 Å². The molecular weight excluding hydrogens is 164 g/mol. The van der Waals surface area contributed by atoms with Crippen LogP contribution in [-0.2, 0) is 4.74 Å². The molecule has 0 fully saturated rings. The van der Waals surface area contributed by atoms with E-state index in [1.54, 1.807) is 13.2 Å². The molecule has 0 bridgehead atoms. The van der Waals surface area contributed by atoms with Crippen LogP contribution in [0.15, 0.2) is 12.7 Å². The fourth-order valence-corrected chi connectivity index (χ4v) is 1.32. The third kappa shape index (κ3) is 6.79. The topological polar surface area (TPSA) is 29.5 Å².